The van der Waals surface area contributed by atoms with Gasteiger partial charge < -0.3 is 5.32 Å². The molecule has 0 radical (unpaired) electrons. The summed E-state index contributed by atoms with van der Waals surface area (Å²) in [6.45, 7) is 6.44. The Kier molecular flexibility index (Phi) is 4.13. The lowest BCUT2D eigenvalue weighted by atomic mass is 9.95. The summed E-state index contributed by atoms with van der Waals surface area (Å²) < 4.78 is 24.8. The van der Waals surface area contributed by atoms with Gasteiger partial charge in [0.1, 0.15) is 0 Å². The van der Waals surface area contributed by atoms with Crippen molar-refractivity contribution in [2.45, 2.75) is 33.7 Å². The minimum Gasteiger partial charge on any atom is -0.326 e. The molecule has 0 aliphatic carbocycles. The third kappa shape index (κ3) is 3.83. The van der Waals surface area contributed by atoms with Crippen molar-refractivity contribution in [3.63, 3.8) is 0 Å². The van der Waals surface area contributed by atoms with Crippen LogP contribution in [-0.4, -0.2) is 31.4 Å². The predicted octanol–water partition coefficient (Wildman–Crippen LogP) is 1.99. The van der Waals surface area contributed by atoms with Gasteiger partial charge in [0.2, 0.25) is 15.9 Å². The first-order valence-electron chi connectivity index (χ1n) is 6.96. The second-order valence-electron chi connectivity index (χ2n) is 6.53. The van der Waals surface area contributed by atoms with E-state index in [-0.39, 0.29) is 5.91 Å². The van der Waals surface area contributed by atoms with E-state index in [1.807, 2.05) is 39.0 Å². The highest BCUT2D eigenvalue weighted by Crippen LogP contribution is 2.25. The van der Waals surface area contributed by atoms with Crippen molar-refractivity contribution >= 4 is 21.6 Å². The first kappa shape index (κ1) is 16.0. The SMILES string of the molecule is CC(C)(C)C(=O)Nc1ccc2c(c1)CN(S(C)(=O)=O)CC2. The number of sulfonamides is 1. The number of hydrogen-bond acceptors (Lipinski definition) is 3. The Morgan fingerprint density at radius 2 is 1.90 bits per heavy atom. The fraction of sp³-hybridized carbons (Fsp3) is 0.533. The highest BCUT2D eigenvalue weighted by molar-refractivity contribution is 7.88. The molecule has 1 heterocycles. The zero-order chi connectivity index (χ0) is 15.8. The van der Waals surface area contributed by atoms with Crippen LogP contribution < -0.4 is 5.32 Å². The summed E-state index contributed by atoms with van der Waals surface area (Å²) in [4.78, 5) is 12.0. The van der Waals surface area contributed by atoms with Crippen LogP contribution in [-0.2, 0) is 27.8 Å². The van der Waals surface area contributed by atoms with Crippen molar-refractivity contribution in [2.24, 2.45) is 5.41 Å². The molecular weight excluding hydrogens is 288 g/mol. The monoisotopic (exact) mass is 310 g/mol. The topological polar surface area (TPSA) is 66.5 Å². The maximum Gasteiger partial charge on any atom is 0.229 e. The lowest BCUT2D eigenvalue weighted by molar-refractivity contribution is -0.123. The number of carbonyl (C=O) groups is 1. The molecule has 1 N–H and O–H groups in total. The van der Waals surface area contributed by atoms with E-state index in [9.17, 15) is 13.2 Å². The number of fused-ring (bicyclic) bond motifs is 1. The maximum absolute atomic E-state index is 12.0. The summed E-state index contributed by atoms with van der Waals surface area (Å²) in [5.74, 6) is -0.0572. The average molecular weight is 310 g/mol. The summed E-state index contributed by atoms with van der Waals surface area (Å²) in [6.07, 6.45) is 1.93. The number of anilines is 1. The number of amides is 1. The van der Waals surface area contributed by atoms with E-state index >= 15 is 0 Å². The zero-order valence-corrected chi connectivity index (χ0v) is 13.8. The molecule has 1 aromatic carbocycles. The van der Waals surface area contributed by atoms with Crippen LogP contribution in [0.25, 0.3) is 0 Å². The number of rotatable bonds is 2. The third-order valence-electron chi connectivity index (χ3n) is 3.59. The van der Waals surface area contributed by atoms with Crippen LogP contribution in [0.15, 0.2) is 18.2 Å². The summed E-state index contributed by atoms with van der Waals surface area (Å²) >= 11 is 0. The van der Waals surface area contributed by atoms with Crippen molar-refractivity contribution < 1.29 is 13.2 Å². The number of hydrogen-bond donors (Lipinski definition) is 1. The van der Waals surface area contributed by atoms with Crippen molar-refractivity contribution in [2.75, 3.05) is 18.1 Å². The molecule has 0 saturated carbocycles. The first-order chi connectivity index (χ1) is 9.57. The minimum absolute atomic E-state index is 0.0572. The predicted molar refractivity (Wildman–Crippen MR) is 83.5 cm³/mol. The van der Waals surface area contributed by atoms with E-state index in [1.165, 1.54) is 10.6 Å². The van der Waals surface area contributed by atoms with Crippen LogP contribution in [0.1, 0.15) is 31.9 Å². The van der Waals surface area contributed by atoms with Crippen LogP contribution >= 0.6 is 0 Å². The molecule has 0 unspecified atom stereocenters. The highest BCUT2D eigenvalue weighted by Gasteiger charge is 2.24. The van der Waals surface area contributed by atoms with Gasteiger partial charge in [0.25, 0.3) is 0 Å². The molecular formula is C15H22N2O3S. The Labute approximate surface area is 126 Å². The summed E-state index contributed by atoms with van der Waals surface area (Å²) in [6, 6.07) is 5.71. The van der Waals surface area contributed by atoms with Gasteiger partial charge in [-0.2, -0.15) is 4.31 Å². The highest BCUT2D eigenvalue weighted by atomic mass is 32.2. The molecule has 1 aliphatic rings. The molecule has 0 atom stereocenters. The maximum atomic E-state index is 12.0. The van der Waals surface area contributed by atoms with Gasteiger partial charge in [0, 0.05) is 24.2 Å². The van der Waals surface area contributed by atoms with E-state index in [1.54, 1.807) is 0 Å². The summed E-state index contributed by atoms with van der Waals surface area (Å²) in [7, 11) is -3.18. The van der Waals surface area contributed by atoms with Crippen molar-refractivity contribution in [1.29, 1.82) is 0 Å². The number of carbonyl (C=O) groups excluding carboxylic acids is 1. The van der Waals surface area contributed by atoms with Gasteiger partial charge in [-0.1, -0.05) is 26.8 Å². The Morgan fingerprint density at radius 1 is 1.24 bits per heavy atom. The summed E-state index contributed by atoms with van der Waals surface area (Å²) in [5.41, 5.74) is 2.35. The van der Waals surface area contributed by atoms with Crippen LogP contribution in [0.2, 0.25) is 0 Å². The molecule has 0 fully saturated rings. The second-order valence-corrected chi connectivity index (χ2v) is 8.52. The molecule has 6 heteroatoms. The molecule has 0 bridgehead atoms. The van der Waals surface area contributed by atoms with Crippen molar-refractivity contribution in [3.05, 3.63) is 29.3 Å². The van der Waals surface area contributed by atoms with Gasteiger partial charge in [-0.3, -0.25) is 4.79 Å². The van der Waals surface area contributed by atoms with E-state index in [0.29, 0.717) is 25.2 Å². The van der Waals surface area contributed by atoms with E-state index < -0.39 is 15.4 Å². The quantitative estimate of drug-likeness (QED) is 0.908. The van der Waals surface area contributed by atoms with E-state index in [2.05, 4.69) is 5.32 Å². The number of nitrogens with one attached hydrogen (secondary N) is 1. The second kappa shape index (κ2) is 5.42. The lowest BCUT2D eigenvalue weighted by Gasteiger charge is -2.27. The molecule has 21 heavy (non-hydrogen) atoms. The summed E-state index contributed by atoms with van der Waals surface area (Å²) in [5, 5.41) is 2.88. The molecule has 1 aliphatic heterocycles. The van der Waals surface area contributed by atoms with Gasteiger partial charge in [-0.15, -0.1) is 0 Å². The molecule has 2 rings (SSSR count). The standard InChI is InChI=1S/C15H22N2O3S/c1-15(2,3)14(18)16-13-6-5-11-7-8-17(21(4,19)20)10-12(11)9-13/h5-6,9H,7-8,10H2,1-4H3,(H,16,18). The largest absolute Gasteiger partial charge is 0.326 e. The van der Waals surface area contributed by atoms with E-state index in [4.69, 9.17) is 0 Å². The van der Waals surface area contributed by atoms with Crippen molar-refractivity contribution in [1.82, 2.24) is 4.31 Å². The van der Waals surface area contributed by atoms with Gasteiger partial charge in [-0.25, -0.2) is 8.42 Å². The lowest BCUT2D eigenvalue weighted by Crippen LogP contribution is -2.35. The molecule has 0 spiro atoms. The van der Waals surface area contributed by atoms with Crippen molar-refractivity contribution in [3.8, 4) is 0 Å². The molecule has 5 nitrogen and oxygen atoms in total. The van der Waals surface area contributed by atoms with Gasteiger partial charge in [-0.05, 0) is 29.7 Å². The number of benzene rings is 1. The van der Waals surface area contributed by atoms with Gasteiger partial charge in [0.15, 0.2) is 0 Å². The van der Waals surface area contributed by atoms with Crippen LogP contribution in [0.3, 0.4) is 0 Å². The molecule has 0 aromatic heterocycles. The third-order valence-corrected chi connectivity index (χ3v) is 4.84. The minimum atomic E-state index is -3.18. The molecule has 1 amide bonds. The normalized spacial score (nSPS) is 16.4. The van der Waals surface area contributed by atoms with Gasteiger partial charge >= 0.3 is 0 Å². The van der Waals surface area contributed by atoms with E-state index in [0.717, 1.165) is 11.1 Å². The number of nitrogens with zero attached hydrogens (tertiary/aromatic N) is 1. The average Bonchev–Trinajstić information content (AvgIpc) is 2.35. The first-order valence-corrected chi connectivity index (χ1v) is 8.80. The van der Waals surface area contributed by atoms with Gasteiger partial charge in [0.05, 0.1) is 6.26 Å². The smallest absolute Gasteiger partial charge is 0.229 e. The Balaban J connectivity index is 2.22. The Hall–Kier alpha value is -1.40. The Morgan fingerprint density at radius 3 is 2.48 bits per heavy atom. The fourth-order valence-corrected chi connectivity index (χ4v) is 3.01. The molecule has 1 aromatic rings. The zero-order valence-electron chi connectivity index (χ0n) is 12.9. The fourth-order valence-electron chi connectivity index (χ4n) is 2.21. The van der Waals surface area contributed by atoms with Crippen LogP contribution in [0, 0.1) is 5.41 Å². The Bertz CT molecular complexity index is 660. The van der Waals surface area contributed by atoms with Crippen LogP contribution in [0.5, 0.6) is 0 Å². The molecule has 116 valence electrons. The molecule has 0 saturated heterocycles. The van der Waals surface area contributed by atoms with Crippen LogP contribution in [0.4, 0.5) is 5.69 Å².